The molecule has 8 heteroatoms. The molecular weight excluding hydrogens is 273 g/mol. The van der Waals surface area contributed by atoms with E-state index in [1.807, 2.05) is 0 Å². The summed E-state index contributed by atoms with van der Waals surface area (Å²) in [5.74, 6) is -0.302. The number of likely N-dealkylation sites (N-methyl/N-ethyl adjacent to an activating group) is 1. The molecule has 0 amide bonds. The van der Waals surface area contributed by atoms with Gasteiger partial charge in [-0.1, -0.05) is 6.58 Å². The Morgan fingerprint density at radius 2 is 1.89 bits per heavy atom. The summed E-state index contributed by atoms with van der Waals surface area (Å²) in [6.45, 7) is 7.87. The maximum absolute atomic E-state index is 10.9. The molecule has 0 radical (unpaired) electrons. The van der Waals surface area contributed by atoms with Gasteiger partial charge in [-0.2, -0.15) is 0 Å². The van der Waals surface area contributed by atoms with Gasteiger partial charge in [-0.05, 0) is 13.8 Å². The van der Waals surface area contributed by atoms with E-state index in [0.717, 1.165) is 11.0 Å². The molecule has 7 nitrogen and oxygen atoms in total. The van der Waals surface area contributed by atoms with E-state index in [4.69, 9.17) is 9.63 Å². The minimum atomic E-state index is -4.42. The Morgan fingerprint density at radius 3 is 2.11 bits per heavy atom. The van der Waals surface area contributed by atoms with E-state index >= 15 is 0 Å². The summed E-state index contributed by atoms with van der Waals surface area (Å²) >= 11 is 0. The number of hydrogen-bond acceptors (Lipinski definition) is 5. The molecule has 0 rings (SSSR count). The van der Waals surface area contributed by atoms with Gasteiger partial charge in [-0.25, -0.2) is 4.79 Å². The largest absolute Gasteiger partial charge is 0.756 e. The van der Waals surface area contributed by atoms with Crippen molar-refractivity contribution in [3.8, 4) is 0 Å². The molecule has 114 valence electrons. The predicted molar refractivity (Wildman–Crippen MR) is 70.1 cm³/mol. The van der Waals surface area contributed by atoms with Crippen molar-refractivity contribution in [2.75, 3.05) is 40.9 Å². The lowest BCUT2D eigenvalue weighted by Crippen LogP contribution is -2.38. The number of hydrogen-bond donors (Lipinski definition) is 1. The lowest BCUT2D eigenvalue weighted by Gasteiger charge is -2.23. The molecule has 0 spiro atoms. The highest BCUT2D eigenvalue weighted by atomic mass is 31.2. The second kappa shape index (κ2) is 9.23. The predicted octanol–water partition coefficient (Wildman–Crippen LogP) is 0.295. The molecular formula is C11H24NO6P. The van der Waals surface area contributed by atoms with E-state index in [-0.39, 0.29) is 12.6 Å². The first-order chi connectivity index (χ1) is 8.39. The van der Waals surface area contributed by atoms with Crippen molar-refractivity contribution in [3.63, 3.8) is 0 Å². The van der Waals surface area contributed by atoms with Gasteiger partial charge in [0.15, 0.2) is 0 Å². The summed E-state index contributed by atoms with van der Waals surface area (Å²) in [6, 6.07) is 0. The number of nitrogens with zero attached hydrogens (tertiary/aromatic N) is 1. The highest BCUT2D eigenvalue weighted by Crippen LogP contribution is 2.29. The normalized spacial score (nSPS) is 13.8. The molecule has 19 heavy (non-hydrogen) atoms. The molecule has 0 aromatic rings. The molecule has 0 heterocycles. The average Bonchev–Trinajstić information content (AvgIpc) is 2.14. The van der Waals surface area contributed by atoms with Crippen molar-refractivity contribution in [1.29, 1.82) is 0 Å². The van der Waals surface area contributed by atoms with E-state index in [1.54, 1.807) is 6.92 Å². The van der Waals surface area contributed by atoms with Gasteiger partial charge >= 0.3 is 5.97 Å². The number of carbonyl (C=O) groups excluding carboxylic acids is 1. The summed E-state index contributed by atoms with van der Waals surface area (Å²) in [6.07, 6.45) is 0. The number of phosphoric acid groups is 1. The van der Waals surface area contributed by atoms with E-state index < -0.39 is 7.82 Å². The molecule has 1 N–H and O–H groups in total. The molecule has 0 aliphatic rings. The van der Waals surface area contributed by atoms with Crippen LogP contribution in [0.2, 0.25) is 0 Å². The highest BCUT2D eigenvalue weighted by Gasteiger charge is 2.09. The van der Waals surface area contributed by atoms with Crippen LogP contribution in [-0.2, 0) is 18.6 Å². The van der Waals surface area contributed by atoms with Crippen LogP contribution in [0, 0.1) is 0 Å². The molecule has 0 bridgehead atoms. The van der Waals surface area contributed by atoms with Crippen molar-refractivity contribution in [1.82, 2.24) is 0 Å². The SMILES string of the molecule is C=C(C)C(=O)OCC[N+](C)(C)C.CCOP(=O)([O-])O. The Balaban J connectivity index is 0. The Morgan fingerprint density at radius 1 is 1.42 bits per heavy atom. The van der Waals surface area contributed by atoms with Crippen LogP contribution in [-0.4, -0.2) is 56.2 Å². The van der Waals surface area contributed by atoms with Crippen molar-refractivity contribution in [2.45, 2.75) is 13.8 Å². The summed E-state index contributed by atoms with van der Waals surface area (Å²) in [7, 11) is 1.73. The van der Waals surface area contributed by atoms with Crippen molar-refractivity contribution in [3.05, 3.63) is 12.2 Å². The van der Waals surface area contributed by atoms with Gasteiger partial charge in [-0.15, -0.1) is 0 Å². The van der Waals surface area contributed by atoms with Gasteiger partial charge < -0.3 is 23.5 Å². The van der Waals surface area contributed by atoms with E-state index in [0.29, 0.717) is 12.2 Å². The lowest BCUT2D eigenvalue weighted by molar-refractivity contribution is -0.870. The Hall–Kier alpha value is -0.720. The van der Waals surface area contributed by atoms with Crippen LogP contribution in [0.3, 0.4) is 0 Å². The fourth-order valence-electron chi connectivity index (χ4n) is 0.699. The first-order valence-corrected chi connectivity index (χ1v) is 7.20. The Labute approximate surface area is 114 Å². The molecule has 0 aromatic carbocycles. The molecule has 1 atom stereocenters. The number of ether oxygens (including phenoxy) is 1. The van der Waals surface area contributed by atoms with Crippen LogP contribution < -0.4 is 4.89 Å². The van der Waals surface area contributed by atoms with E-state index in [9.17, 15) is 14.3 Å². The third-order valence-corrected chi connectivity index (χ3v) is 2.22. The topological polar surface area (TPSA) is 95.9 Å². The van der Waals surface area contributed by atoms with Crippen LogP contribution >= 0.6 is 7.82 Å². The maximum Gasteiger partial charge on any atom is 0.333 e. The van der Waals surface area contributed by atoms with Crippen LogP contribution in [0.25, 0.3) is 0 Å². The van der Waals surface area contributed by atoms with Gasteiger partial charge in [0.05, 0.1) is 27.7 Å². The number of rotatable bonds is 6. The van der Waals surface area contributed by atoms with E-state index in [2.05, 4.69) is 32.2 Å². The molecule has 0 fully saturated rings. The fraction of sp³-hybridized carbons (Fsp3) is 0.727. The molecule has 0 saturated heterocycles. The summed E-state index contributed by atoms with van der Waals surface area (Å²) in [4.78, 5) is 28.3. The summed E-state index contributed by atoms with van der Waals surface area (Å²) < 4.78 is 19.1. The third kappa shape index (κ3) is 19.8. The zero-order chi connectivity index (χ0) is 15.7. The standard InChI is InChI=1S/C9H18NO2.C2H7O4P/c1-8(2)9(11)12-7-6-10(3,4)5;1-2-6-7(3,4)5/h1,6-7H2,2-5H3;2H2,1H3,(H2,3,4,5)/q+1;/p-1. The zero-order valence-corrected chi connectivity index (χ0v) is 13.1. The van der Waals surface area contributed by atoms with Crippen LogP contribution in [0.15, 0.2) is 12.2 Å². The van der Waals surface area contributed by atoms with Crippen LogP contribution in [0.1, 0.15) is 13.8 Å². The van der Waals surface area contributed by atoms with Crippen LogP contribution in [0.4, 0.5) is 0 Å². The van der Waals surface area contributed by atoms with Gasteiger partial charge in [-0.3, -0.25) is 4.57 Å². The summed E-state index contributed by atoms with van der Waals surface area (Å²) in [5, 5.41) is 0. The monoisotopic (exact) mass is 297 g/mol. The number of carbonyl (C=O) groups is 1. The molecule has 0 saturated carbocycles. The second-order valence-electron chi connectivity index (χ2n) is 4.82. The minimum Gasteiger partial charge on any atom is -0.756 e. The van der Waals surface area contributed by atoms with E-state index in [1.165, 1.54) is 6.92 Å². The number of esters is 1. The maximum atomic E-state index is 10.9. The fourth-order valence-corrected chi connectivity index (χ4v) is 1.02. The highest BCUT2D eigenvalue weighted by molar-refractivity contribution is 7.44. The smallest absolute Gasteiger partial charge is 0.333 e. The van der Waals surface area contributed by atoms with Gasteiger partial charge in [0.2, 0.25) is 0 Å². The first-order valence-electron chi connectivity index (χ1n) is 5.70. The van der Waals surface area contributed by atoms with Crippen molar-refractivity contribution < 1.29 is 32.9 Å². The first kappa shape index (κ1) is 20.6. The van der Waals surface area contributed by atoms with Gasteiger partial charge in [0, 0.05) is 5.57 Å². The Bertz CT molecular complexity index is 331. The molecule has 0 aromatic heterocycles. The quantitative estimate of drug-likeness (QED) is 0.328. The minimum absolute atomic E-state index is 0.0166. The van der Waals surface area contributed by atoms with Crippen molar-refractivity contribution in [2.24, 2.45) is 0 Å². The number of quaternary nitrogens is 1. The van der Waals surface area contributed by atoms with Gasteiger partial charge in [0.25, 0.3) is 7.82 Å². The number of phosphoric ester groups is 1. The third-order valence-electron chi connectivity index (χ3n) is 1.64. The summed E-state index contributed by atoms with van der Waals surface area (Å²) in [5.41, 5.74) is 0.455. The average molecular weight is 297 g/mol. The van der Waals surface area contributed by atoms with Gasteiger partial charge in [0.1, 0.15) is 13.2 Å². The van der Waals surface area contributed by atoms with Crippen molar-refractivity contribution >= 4 is 13.8 Å². The molecule has 1 unspecified atom stereocenters. The Kier molecular flexibility index (Phi) is 10.0. The van der Waals surface area contributed by atoms with Crippen LogP contribution in [0.5, 0.6) is 0 Å². The lowest BCUT2D eigenvalue weighted by atomic mass is 10.4. The molecule has 0 aliphatic carbocycles. The zero-order valence-electron chi connectivity index (χ0n) is 12.2. The molecule has 0 aliphatic heterocycles. The second-order valence-corrected chi connectivity index (χ2v) is 6.01.